The topological polar surface area (TPSA) is 117 Å². The maximum Gasteiger partial charge on any atom is 0.397 e. The number of benzene rings is 1. The van der Waals surface area contributed by atoms with Crippen molar-refractivity contribution < 1.29 is 22.8 Å². The quantitative estimate of drug-likeness (QED) is 0.247. The fraction of sp³-hybridized carbons (Fsp3) is 0.560. The maximum absolute atomic E-state index is 13.7. The molecule has 4 atom stereocenters. The van der Waals surface area contributed by atoms with Crippen molar-refractivity contribution in [3.05, 3.63) is 53.1 Å². The van der Waals surface area contributed by atoms with E-state index in [0.29, 0.717) is 31.2 Å². The van der Waals surface area contributed by atoms with Gasteiger partial charge >= 0.3 is 14.3 Å². The van der Waals surface area contributed by atoms with Gasteiger partial charge in [0.05, 0.1) is 13.2 Å². The van der Waals surface area contributed by atoms with Gasteiger partial charge in [0.15, 0.2) is 5.12 Å². The molecule has 2 aromatic rings. The Morgan fingerprint density at radius 3 is 2.54 bits per heavy atom. The van der Waals surface area contributed by atoms with E-state index in [-0.39, 0.29) is 21.0 Å². The van der Waals surface area contributed by atoms with Crippen molar-refractivity contribution in [2.75, 3.05) is 24.7 Å². The van der Waals surface area contributed by atoms with E-state index in [0.717, 1.165) is 18.6 Å². The van der Waals surface area contributed by atoms with Crippen LogP contribution in [0.25, 0.3) is 0 Å². The van der Waals surface area contributed by atoms with Gasteiger partial charge in [0.25, 0.3) is 0 Å². The molecule has 0 radical (unpaired) electrons. The number of aromatic amines is 1. The SMILES string of the molecule is CC1SC(COP(OCCCCSC(=O)C(C)(C)C)Oc2ccccc2)CC1F.Nc1ccnc(=O)[nH]1. The molecule has 3 N–H and O–H groups in total. The second-order valence-corrected chi connectivity index (χ2v) is 13.3. The first kappa shape index (κ1) is 31.6. The number of hydrogen-bond donors (Lipinski definition) is 2. The molecule has 0 saturated carbocycles. The number of carbonyl (C=O) groups excluding carboxylic acids is 1. The number of anilines is 1. The van der Waals surface area contributed by atoms with Gasteiger partial charge < -0.3 is 19.3 Å². The average Bonchev–Trinajstić information content (AvgIpc) is 3.16. The normalized spacial score (nSPS) is 20.1. The van der Waals surface area contributed by atoms with Crippen LogP contribution in [0.5, 0.6) is 5.75 Å². The van der Waals surface area contributed by atoms with Gasteiger partial charge in [-0.15, -0.1) is 11.8 Å². The lowest BCUT2D eigenvalue weighted by molar-refractivity contribution is -0.117. The zero-order valence-corrected chi connectivity index (χ0v) is 24.3. The minimum absolute atomic E-state index is 0.0131. The van der Waals surface area contributed by atoms with Gasteiger partial charge in [0.2, 0.25) is 0 Å². The third-order valence-corrected chi connectivity index (χ3v) is 8.89. The van der Waals surface area contributed by atoms with Gasteiger partial charge in [-0.25, -0.2) is 14.2 Å². The van der Waals surface area contributed by atoms with E-state index < -0.39 is 20.5 Å². The molecule has 0 amide bonds. The smallest absolute Gasteiger partial charge is 0.397 e. The molecule has 3 rings (SSSR count). The highest BCUT2D eigenvalue weighted by Gasteiger charge is 2.33. The predicted octanol–water partition coefficient (Wildman–Crippen LogP) is 6.00. The number of nitrogens with two attached hydrogens (primary N) is 1. The lowest BCUT2D eigenvalue weighted by atomic mass is 10.00. The van der Waals surface area contributed by atoms with Crippen molar-refractivity contribution >= 4 is 43.1 Å². The molecule has 0 bridgehead atoms. The van der Waals surface area contributed by atoms with E-state index in [9.17, 15) is 14.0 Å². The lowest BCUT2D eigenvalue weighted by Gasteiger charge is -2.19. The molecule has 2 heterocycles. The van der Waals surface area contributed by atoms with E-state index in [1.807, 2.05) is 58.0 Å². The third-order valence-electron chi connectivity index (χ3n) is 4.97. The van der Waals surface area contributed by atoms with Gasteiger partial charge in [0.1, 0.15) is 17.7 Å². The molecule has 0 spiro atoms. The second kappa shape index (κ2) is 16.3. The number of carbonyl (C=O) groups is 1. The summed E-state index contributed by atoms with van der Waals surface area (Å²) in [5.41, 5.74) is 4.45. The van der Waals surface area contributed by atoms with Crippen LogP contribution in [0.3, 0.4) is 0 Å². The van der Waals surface area contributed by atoms with Crippen molar-refractivity contribution in [1.29, 1.82) is 0 Å². The Balaban J connectivity index is 0.000000510. The van der Waals surface area contributed by atoms with Crippen LogP contribution in [-0.4, -0.2) is 50.7 Å². The Morgan fingerprint density at radius 2 is 1.97 bits per heavy atom. The average molecular weight is 574 g/mol. The molecular formula is C25H37FN3O5PS2. The molecule has 37 heavy (non-hydrogen) atoms. The number of rotatable bonds is 11. The molecule has 1 aliphatic rings. The Labute approximate surface area is 228 Å². The van der Waals surface area contributed by atoms with E-state index >= 15 is 0 Å². The van der Waals surface area contributed by atoms with Crippen LogP contribution in [0.1, 0.15) is 47.0 Å². The molecule has 206 valence electrons. The van der Waals surface area contributed by atoms with E-state index in [2.05, 4.69) is 9.97 Å². The number of nitrogens with zero attached hydrogens (tertiary/aromatic N) is 1. The summed E-state index contributed by atoms with van der Waals surface area (Å²) in [6.07, 6.45) is 2.81. The summed E-state index contributed by atoms with van der Waals surface area (Å²) in [5, 5.41) is 0.359. The standard InChI is InChI=1S/C21H32FO4PS2.C4H5N3O/c1-16-19(22)14-18(29-16)15-25-27(26-17-10-6-5-7-11-17)24-12-8-9-13-28-20(23)21(2,3)4;5-3-1-2-6-4(8)7-3/h5-7,10-11,16,18-19H,8-9,12-15H2,1-4H3;1-2H,(H3,5,6,7,8). The van der Waals surface area contributed by atoms with Crippen LogP contribution in [0.2, 0.25) is 0 Å². The minimum Gasteiger partial charge on any atom is -0.427 e. The largest absolute Gasteiger partial charge is 0.427 e. The first-order valence-electron chi connectivity index (χ1n) is 12.1. The Hall–Kier alpha value is -1.65. The summed E-state index contributed by atoms with van der Waals surface area (Å²) in [5.74, 6) is 1.82. The summed E-state index contributed by atoms with van der Waals surface area (Å²) in [4.78, 5) is 27.8. The zero-order valence-electron chi connectivity index (χ0n) is 21.7. The van der Waals surface area contributed by atoms with Gasteiger partial charge in [-0.05, 0) is 37.5 Å². The van der Waals surface area contributed by atoms with E-state index in [1.54, 1.807) is 11.8 Å². The van der Waals surface area contributed by atoms with Gasteiger partial charge in [0, 0.05) is 27.9 Å². The zero-order chi connectivity index (χ0) is 27.3. The number of H-pyrrole nitrogens is 1. The minimum atomic E-state index is -1.54. The van der Waals surface area contributed by atoms with Crippen molar-refractivity contribution in [1.82, 2.24) is 9.97 Å². The van der Waals surface area contributed by atoms with Crippen molar-refractivity contribution in [2.24, 2.45) is 5.41 Å². The molecule has 1 saturated heterocycles. The molecule has 1 aromatic carbocycles. The molecule has 0 aliphatic carbocycles. The molecule has 1 aromatic heterocycles. The monoisotopic (exact) mass is 573 g/mol. The Bertz CT molecular complexity index is 986. The molecular weight excluding hydrogens is 536 g/mol. The molecule has 12 heteroatoms. The number of aromatic nitrogens is 2. The molecule has 1 aliphatic heterocycles. The Morgan fingerprint density at radius 1 is 1.24 bits per heavy atom. The number of hydrogen-bond acceptors (Lipinski definition) is 9. The fourth-order valence-electron chi connectivity index (χ4n) is 2.90. The van der Waals surface area contributed by atoms with Crippen LogP contribution in [0.4, 0.5) is 10.2 Å². The highest BCUT2D eigenvalue weighted by Crippen LogP contribution is 2.43. The predicted molar refractivity (Wildman–Crippen MR) is 152 cm³/mol. The molecule has 1 fully saturated rings. The Kier molecular flexibility index (Phi) is 13.9. The number of thioether (sulfide) groups is 2. The lowest BCUT2D eigenvalue weighted by Crippen LogP contribution is -2.16. The molecule has 4 unspecified atom stereocenters. The van der Waals surface area contributed by atoms with Crippen LogP contribution >= 0.6 is 32.1 Å². The first-order valence-corrected chi connectivity index (χ1v) is 15.1. The highest BCUT2D eigenvalue weighted by atomic mass is 32.2. The number of para-hydroxylation sites is 1. The van der Waals surface area contributed by atoms with Crippen LogP contribution in [0, 0.1) is 5.41 Å². The number of halogens is 1. The number of unbranched alkanes of at least 4 members (excludes halogenated alkanes) is 1. The van der Waals surface area contributed by atoms with Crippen LogP contribution in [0.15, 0.2) is 47.4 Å². The number of alkyl halides is 1. The van der Waals surface area contributed by atoms with Gasteiger partial charge in [-0.2, -0.15) is 0 Å². The summed E-state index contributed by atoms with van der Waals surface area (Å²) in [6.45, 7) is 8.65. The summed E-state index contributed by atoms with van der Waals surface area (Å²) >= 11 is 3.01. The first-order chi connectivity index (χ1) is 17.5. The van der Waals surface area contributed by atoms with E-state index in [1.165, 1.54) is 24.0 Å². The van der Waals surface area contributed by atoms with Gasteiger partial charge in [-0.3, -0.25) is 9.78 Å². The summed E-state index contributed by atoms with van der Waals surface area (Å²) in [7, 11) is -1.54. The fourth-order valence-corrected chi connectivity index (χ4v) is 6.35. The van der Waals surface area contributed by atoms with E-state index in [4.69, 9.17) is 19.3 Å². The van der Waals surface area contributed by atoms with Crippen molar-refractivity contribution in [3.8, 4) is 5.75 Å². The number of nitrogen functional groups attached to an aromatic ring is 1. The summed E-state index contributed by atoms with van der Waals surface area (Å²) in [6, 6.07) is 11.0. The second-order valence-electron chi connectivity index (χ2n) is 9.40. The third kappa shape index (κ3) is 13.1. The van der Waals surface area contributed by atoms with Crippen molar-refractivity contribution in [3.63, 3.8) is 0 Å². The van der Waals surface area contributed by atoms with Crippen LogP contribution in [-0.2, 0) is 13.8 Å². The maximum atomic E-state index is 13.7. The molecule has 8 nitrogen and oxygen atoms in total. The van der Waals surface area contributed by atoms with Crippen LogP contribution < -0.4 is 15.9 Å². The summed E-state index contributed by atoms with van der Waals surface area (Å²) < 4.78 is 31.4. The van der Waals surface area contributed by atoms with Gasteiger partial charge in [-0.1, -0.05) is 57.7 Å². The number of nitrogens with one attached hydrogen (secondary N) is 1. The van der Waals surface area contributed by atoms with Crippen molar-refractivity contribution in [2.45, 2.75) is 63.6 Å². The highest BCUT2D eigenvalue weighted by molar-refractivity contribution is 8.13.